The predicted octanol–water partition coefficient (Wildman–Crippen LogP) is 4.16. The molecule has 2 amide bonds. The number of aromatic nitrogens is 4. The van der Waals surface area contributed by atoms with Gasteiger partial charge in [0.1, 0.15) is 11.5 Å². The summed E-state index contributed by atoms with van der Waals surface area (Å²) in [5, 5.41) is 13.8. The Morgan fingerprint density at radius 2 is 1.88 bits per heavy atom. The van der Waals surface area contributed by atoms with Crippen LogP contribution in [-0.2, 0) is 10.2 Å². The van der Waals surface area contributed by atoms with Gasteiger partial charge in [0.05, 0.1) is 19.8 Å². The first-order valence-electron chi connectivity index (χ1n) is 13.3. The van der Waals surface area contributed by atoms with E-state index in [0.717, 1.165) is 44.8 Å². The number of hydrogen-bond donors (Lipinski definition) is 2. The summed E-state index contributed by atoms with van der Waals surface area (Å²) in [7, 11) is 0. The minimum Gasteiger partial charge on any atom is -0.478 e. The summed E-state index contributed by atoms with van der Waals surface area (Å²) < 4.78 is 18.2. The van der Waals surface area contributed by atoms with E-state index in [1.165, 1.54) is 0 Å². The number of benzene rings is 1. The van der Waals surface area contributed by atoms with Crippen LogP contribution in [0.1, 0.15) is 44.2 Å². The van der Waals surface area contributed by atoms with E-state index in [1.54, 1.807) is 28.8 Å². The van der Waals surface area contributed by atoms with Crippen molar-refractivity contribution in [3.05, 3.63) is 65.7 Å². The van der Waals surface area contributed by atoms with Crippen LogP contribution in [0.5, 0.6) is 5.88 Å². The lowest BCUT2D eigenvalue weighted by molar-refractivity contribution is 0.0357. The van der Waals surface area contributed by atoms with Gasteiger partial charge in [-0.1, -0.05) is 31.8 Å². The van der Waals surface area contributed by atoms with Crippen molar-refractivity contribution in [2.24, 2.45) is 0 Å². The summed E-state index contributed by atoms with van der Waals surface area (Å²) in [6.45, 7) is 11.2. The van der Waals surface area contributed by atoms with E-state index < -0.39 is 6.03 Å². The number of anilines is 2. The van der Waals surface area contributed by atoms with E-state index in [1.807, 2.05) is 45.2 Å². The van der Waals surface area contributed by atoms with Gasteiger partial charge in [-0.3, -0.25) is 10.2 Å². The van der Waals surface area contributed by atoms with Crippen LogP contribution in [0.4, 0.5) is 16.3 Å². The summed E-state index contributed by atoms with van der Waals surface area (Å²) in [6.07, 6.45) is 2.75. The number of carbonyl (C=O) groups excluding carboxylic acids is 1. The number of fused-ring (bicyclic) bond motifs is 1. The third kappa shape index (κ3) is 7.37. The van der Waals surface area contributed by atoms with Crippen LogP contribution >= 0.6 is 0 Å². The summed E-state index contributed by atoms with van der Waals surface area (Å²) >= 11 is 0. The van der Waals surface area contributed by atoms with Gasteiger partial charge in [-0.15, -0.1) is 0 Å². The second kappa shape index (κ2) is 12.2. The first kappa shape index (κ1) is 27.2. The molecular weight excluding hydrogens is 510 g/mol. The van der Waals surface area contributed by atoms with Crippen molar-refractivity contribution in [1.29, 1.82) is 0 Å². The van der Waals surface area contributed by atoms with Gasteiger partial charge in [-0.2, -0.15) is 10.1 Å². The van der Waals surface area contributed by atoms with Crippen LogP contribution in [0.3, 0.4) is 0 Å². The molecule has 5 rings (SSSR count). The Bertz CT molecular complexity index is 1500. The molecule has 1 aliphatic heterocycles. The Morgan fingerprint density at radius 3 is 2.62 bits per heavy atom. The molecule has 0 radical (unpaired) electrons. The molecule has 0 atom stereocenters. The quantitative estimate of drug-likeness (QED) is 0.264. The molecule has 0 unspecified atom stereocenters. The van der Waals surface area contributed by atoms with E-state index in [2.05, 4.69) is 42.6 Å². The number of nitrogens with one attached hydrogen (secondary N) is 2. The topological polar surface area (TPSA) is 119 Å². The monoisotopic (exact) mass is 543 g/mol. The van der Waals surface area contributed by atoms with Gasteiger partial charge in [-0.25, -0.2) is 9.31 Å². The van der Waals surface area contributed by atoms with Crippen LogP contribution < -0.4 is 15.4 Å². The maximum Gasteiger partial charge on any atom is 0.324 e. The number of morpholine rings is 1. The van der Waals surface area contributed by atoms with Crippen molar-refractivity contribution in [3.8, 4) is 17.7 Å². The highest BCUT2D eigenvalue weighted by Gasteiger charge is 2.20. The zero-order valence-electron chi connectivity index (χ0n) is 22.9. The van der Waals surface area contributed by atoms with Gasteiger partial charge >= 0.3 is 6.03 Å². The van der Waals surface area contributed by atoms with Crippen molar-refractivity contribution in [3.63, 3.8) is 0 Å². The molecule has 0 spiro atoms. The lowest BCUT2D eigenvalue weighted by atomic mass is 9.93. The Kier molecular flexibility index (Phi) is 8.28. The number of urea groups is 1. The summed E-state index contributed by atoms with van der Waals surface area (Å²) in [5.41, 5.74) is 2.48. The van der Waals surface area contributed by atoms with E-state index >= 15 is 0 Å². The second-order valence-corrected chi connectivity index (χ2v) is 10.5. The predicted molar refractivity (Wildman–Crippen MR) is 151 cm³/mol. The molecule has 1 aromatic carbocycles. The zero-order chi connectivity index (χ0) is 28.0. The molecule has 3 aromatic heterocycles. The molecule has 0 aliphatic carbocycles. The first-order chi connectivity index (χ1) is 19.3. The van der Waals surface area contributed by atoms with Crippen molar-refractivity contribution in [1.82, 2.24) is 24.7 Å². The fraction of sp³-hybridized carbons (Fsp3) is 0.379. The normalized spacial score (nSPS) is 14.0. The van der Waals surface area contributed by atoms with E-state index in [4.69, 9.17) is 14.0 Å². The Balaban J connectivity index is 1.12. The smallest absolute Gasteiger partial charge is 0.324 e. The molecule has 4 heterocycles. The van der Waals surface area contributed by atoms with Gasteiger partial charge < -0.3 is 19.3 Å². The number of ether oxygens (including phenoxy) is 2. The van der Waals surface area contributed by atoms with Crippen molar-refractivity contribution in [2.75, 3.05) is 50.1 Å². The standard InChI is InChI=1S/C29H33N7O4/c1-29(2,3)24-20-25(34-40-24)31-28(37)30-22-8-5-21(6-9-22)7-10-23-19-26-32-27(11-13-36(26)33-23)39-16-4-12-35-14-17-38-18-15-35/h5-6,8-9,11,13,19-20H,4,12,14-18H2,1-3H3,(H2,30,31,34,37). The van der Waals surface area contributed by atoms with Crippen LogP contribution in [0.15, 0.2) is 53.2 Å². The number of nitrogens with zero attached hydrogens (tertiary/aromatic N) is 5. The fourth-order valence-corrected chi connectivity index (χ4v) is 4.03. The summed E-state index contributed by atoms with van der Waals surface area (Å²) in [5.74, 6) is 7.78. The maximum absolute atomic E-state index is 12.3. The number of carbonyl (C=O) groups is 1. The van der Waals surface area contributed by atoms with E-state index in [-0.39, 0.29) is 5.41 Å². The Morgan fingerprint density at radius 1 is 1.07 bits per heavy atom. The van der Waals surface area contributed by atoms with Gasteiger partial charge in [0, 0.05) is 60.7 Å². The number of hydrogen-bond acceptors (Lipinski definition) is 8. The minimum absolute atomic E-state index is 0.194. The molecule has 208 valence electrons. The average Bonchev–Trinajstić information content (AvgIpc) is 3.58. The van der Waals surface area contributed by atoms with Crippen LogP contribution in [-0.4, -0.2) is 70.1 Å². The van der Waals surface area contributed by atoms with Gasteiger partial charge in [-0.05, 0) is 36.6 Å². The molecule has 2 N–H and O–H groups in total. The van der Waals surface area contributed by atoms with Crippen LogP contribution in [0, 0.1) is 11.8 Å². The van der Waals surface area contributed by atoms with E-state index in [9.17, 15) is 4.79 Å². The number of amides is 2. The fourth-order valence-electron chi connectivity index (χ4n) is 4.03. The highest BCUT2D eigenvalue weighted by atomic mass is 16.5. The lowest BCUT2D eigenvalue weighted by Gasteiger charge is -2.26. The molecule has 0 saturated carbocycles. The van der Waals surface area contributed by atoms with Gasteiger partial charge in [0.25, 0.3) is 0 Å². The largest absolute Gasteiger partial charge is 0.478 e. The second-order valence-electron chi connectivity index (χ2n) is 10.5. The van der Waals surface area contributed by atoms with Crippen molar-refractivity contribution in [2.45, 2.75) is 32.6 Å². The van der Waals surface area contributed by atoms with Crippen LogP contribution in [0.25, 0.3) is 5.65 Å². The molecule has 1 fully saturated rings. The highest BCUT2D eigenvalue weighted by Crippen LogP contribution is 2.24. The molecule has 40 heavy (non-hydrogen) atoms. The van der Waals surface area contributed by atoms with Crippen molar-refractivity contribution < 1.29 is 18.8 Å². The molecular formula is C29H33N7O4. The minimum atomic E-state index is -0.412. The maximum atomic E-state index is 12.3. The molecule has 0 bridgehead atoms. The molecule has 11 nitrogen and oxygen atoms in total. The zero-order valence-corrected chi connectivity index (χ0v) is 22.9. The summed E-state index contributed by atoms with van der Waals surface area (Å²) in [4.78, 5) is 19.2. The SMILES string of the molecule is CC(C)(C)c1cc(NC(=O)Nc2ccc(C#Cc3cc4nc(OCCCN5CCOCC5)ccn4n3)cc2)no1. The molecule has 1 aliphatic rings. The molecule has 11 heteroatoms. The van der Waals surface area contributed by atoms with Crippen molar-refractivity contribution >= 4 is 23.2 Å². The van der Waals surface area contributed by atoms with Gasteiger partial charge in [0.2, 0.25) is 5.88 Å². The van der Waals surface area contributed by atoms with E-state index in [0.29, 0.717) is 41.1 Å². The third-order valence-electron chi connectivity index (χ3n) is 6.24. The van der Waals surface area contributed by atoms with Crippen LogP contribution in [0.2, 0.25) is 0 Å². The highest BCUT2D eigenvalue weighted by molar-refractivity contribution is 5.99. The summed E-state index contributed by atoms with van der Waals surface area (Å²) in [6, 6.07) is 12.1. The average molecular weight is 544 g/mol. The first-order valence-corrected chi connectivity index (χ1v) is 13.3. The molecule has 1 saturated heterocycles. The Labute approximate surface area is 232 Å². The van der Waals surface area contributed by atoms with Gasteiger partial charge in [0.15, 0.2) is 11.5 Å². The lowest BCUT2D eigenvalue weighted by Crippen LogP contribution is -2.37. The number of rotatable bonds is 7. The Hall–Kier alpha value is -4.40. The molecule has 4 aromatic rings. The third-order valence-corrected chi connectivity index (χ3v) is 6.24.